The van der Waals surface area contributed by atoms with E-state index in [0.29, 0.717) is 30.4 Å². The number of aliphatic hydroxyl groups is 1. The van der Waals surface area contributed by atoms with Crippen molar-refractivity contribution in [3.63, 3.8) is 0 Å². The molecule has 0 bridgehead atoms. The summed E-state index contributed by atoms with van der Waals surface area (Å²) in [6, 6.07) is 4.87. The van der Waals surface area contributed by atoms with Gasteiger partial charge in [0, 0.05) is 18.3 Å². The maximum absolute atomic E-state index is 11.6. The van der Waals surface area contributed by atoms with E-state index in [4.69, 9.17) is 14.6 Å². The van der Waals surface area contributed by atoms with Gasteiger partial charge in [-0.2, -0.15) is 0 Å². The lowest BCUT2D eigenvalue weighted by Gasteiger charge is -2.12. The Balaban J connectivity index is 2.77. The molecule has 0 saturated carbocycles. The van der Waals surface area contributed by atoms with E-state index in [1.807, 2.05) is 13.8 Å². The molecule has 0 heterocycles. The highest BCUT2D eigenvalue weighted by molar-refractivity contribution is 6.39. The minimum Gasteiger partial charge on any atom is -0.490 e. The molecule has 116 valence electrons. The first-order valence-electron chi connectivity index (χ1n) is 6.72. The number of ether oxygens (including phenoxy) is 2. The molecule has 0 unspecified atom stereocenters. The van der Waals surface area contributed by atoms with Gasteiger partial charge in [-0.15, -0.1) is 0 Å². The van der Waals surface area contributed by atoms with E-state index in [1.165, 1.54) is 0 Å². The molecule has 7 heteroatoms. The van der Waals surface area contributed by atoms with Crippen LogP contribution in [-0.2, 0) is 9.59 Å². The average molecular weight is 296 g/mol. The van der Waals surface area contributed by atoms with Crippen molar-refractivity contribution in [3.8, 4) is 11.5 Å². The molecule has 0 fully saturated rings. The molecule has 21 heavy (non-hydrogen) atoms. The second kappa shape index (κ2) is 8.80. The normalized spacial score (nSPS) is 9.86. The number of benzene rings is 1. The van der Waals surface area contributed by atoms with E-state index < -0.39 is 11.8 Å². The predicted molar refractivity (Wildman–Crippen MR) is 77.5 cm³/mol. The number of carbonyl (C=O) groups is 2. The zero-order valence-electron chi connectivity index (χ0n) is 12.1. The van der Waals surface area contributed by atoms with E-state index in [2.05, 4.69) is 10.6 Å². The second-order valence-corrected chi connectivity index (χ2v) is 3.96. The third kappa shape index (κ3) is 5.31. The van der Waals surface area contributed by atoms with Crippen molar-refractivity contribution in [2.75, 3.05) is 31.7 Å². The Morgan fingerprint density at radius 1 is 1.10 bits per heavy atom. The van der Waals surface area contributed by atoms with Crippen molar-refractivity contribution >= 4 is 17.5 Å². The lowest BCUT2D eigenvalue weighted by molar-refractivity contribution is -0.136. The summed E-state index contributed by atoms with van der Waals surface area (Å²) < 4.78 is 10.8. The fourth-order valence-electron chi connectivity index (χ4n) is 1.57. The number of rotatable bonds is 7. The van der Waals surface area contributed by atoms with Crippen molar-refractivity contribution in [3.05, 3.63) is 18.2 Å². The van der Waals surface area contributed by atoms with Crippen LogP contribution in [0.4, 0.5) is 5.69 Å². The highest BCUT2D eigenvalue weighted by atomic mass is 16.5. The average Bonchev–Trinajstić information content (AvgIpc) is 2.47. The molecule has 0 spiro atoms. The van der Waals surface area contributed by atoms with Gasteiger partial charge >= 0.3 is 11.8 Å². The molecule has 0 atom stereocenters. The summed E-state index contributed by atoms with van der Waals surface area (Å²) in [6.07, 6.45) is 0. The van der Waals surface area contributed by atoms with Gasteiger partial charge in [0.25, 0.3) is 0 Å². The van der Waals surface area contributed by atoms with Crippen LogP contribution in [0.1, 0.15) is 13.8 Å². The van der Waals surface area contributed by atoms with Crippen LogP contribution in [0.3, 0.4) is 0 Å². The maximum atomic E-state index is 11.6. The Morgan fingerprint density at radius 2 is 1.76 bits per heavy atom. The van der Waals surface area contributed by atoms with Gasteiger partial charge in [0.2, 0.25) is 0 Å². The highest BCUT2D eigenvalue weighted by Gasteiger charge is 2.14. The predicted octanol–water partition coefficient (Wildman–Crippen LogP) is 0.531. The van der Waals surface area contributed by atoms with Crippen LogP contribution >= 0.6 is 0 Å². The number of hydrogen-bond acceptors (Lipinski definition) is 5. The monoisotopic (exact) mass is 296 g/mol. The minimum absolute atomic E-state index is 0.0275. The molecule has 1 rings (SSSR count). The molecule has 1 aromatic rings. The first-order valence-corrected chi connectivity index (χ1v) is 6.72. The Hall–Kier alpha value is -2.28. The third-order valence-corrected chi connectivity index (χ3v) is 2.40. The van der Waals surface area contributed by atoms with Crippen LogP contribution < -0.4 is 20.1 Å². The van der Waals surface area contributed by atoms with Crippen LogP contribution in [0.5, 0.6) is 11.5 Å². The van der Waals surface area contributed by atoms with Gasteiger partial charge in [0.05, 0.1) is 19.8 Å². The van der Waals surface area contributed by atoms with Gasteiger partial charge in [-0.25, -0.2) is 0 Å². The molecule has 0 radical (unpaired) electrons. The Bertz CT molecular complexity index is 490. The van der Waals surface area contributed by atoms with Gasteiger partial charge in [-0.05, 0) is 26.0 Å². The Labute approximate surface area is 123 Å². The summed E-state index contributed by atoms with van der Waals surface area (Å²) in [5.41, 5.74) is 0.422. The summed E-state index contributed by atoms with van der Waals surface area (Å²) in [6.45, 7) is 4.44. The maximum Gasteiger partial charge on any atom is 0.313 e. The molecule has 0 aliphatic rings. The van der Waals surface area contributed by atoms with E-state index in [1.54, 1.807) is 18.2 Å². The third-order valence-electron chi connectivity index (χ3n) is 2.40. The molecular formula is C14H20N2O5. The van der Waals surface area contributed by atoms with Crippen molar-refractivity contribution in [1.29, 1.82) is 0 Å². The largest absolute Gasteiger partial charge is 0.490 e. The summed E-state index contributed by atoms with van der Waals surface area (Å²) >= 11 is 0. The quantitative estimate of drug-likeness (QED) is 0.638. The summed E-state index contributed by atoms with van der Waals surface area (Å²) in [4.78, 5) is 23.0. The van der Waals surface area contributed by atoms with E-state index in [0.717, 1.165) is 0 Å². The van der Waals surface area contributed by atoms with Crippen LogP contribution in [0.2, 0.25) is 0 Å². The van der Waals surface area contributed by atoms with Gasteiger partial charge in [-0.3, -0.25) is 9.59 Å². The van der Waals surface area contributed by atoms with Crippen LogP contribution in [0.25, 0.3) is 0 Å². The molecular weight excluding hydrogens is 276 g/mol. The standard InChI is InChI=1S/C14H20N2O5/c1-3-20-11-6-5-10(9-12(11)21-4-2)16-14(19)13(18)15-7-8-17/h5-6,9,17H,3-4,7-8H2,1-2H3,(H,15,18)(H,16,19). The summed E-state index contributed by atoms with van der Waals surface area (Å²) in [7, 11) is 0. The van der Waals surface area contributed by atoms with Gasteiger partial charge in [0.1, 0.15) is 0 Å². The molecule has 1 aromatic carbocycles. The number of amides is 2. The van der Waals surface area contributed by atoms with Crippen molar-refractivity contribution in [1.82, 2.24) is 5.32 Å². The number of aliphatic hydroxyl groups excluding tert-OH is 1. The number of hydrogen-bond donors (Lipinski definition) is 3. The first kappa shape index (κ1) is 16.8. The first-order chi connectivity index (χ1) is 10.1. The zero-order valence-corrected chi connectivity index (χ0v) is 12.1. The molecule has 0 aliphatic heterocycles. The second-order valence-electron chi connectivity index (χ2n) is 3.96. The zero-order chi connectivity index (χ0) is 15.7. The van der Waals surface area contributed by atoms with Crippen molar-refractivity contribution in [2.45, 2.75) is 13.8 Å². The lowest BCUT2D eigenvalue weighted by Crippen LogP contribution is -2.36. The molecule has 2 amide bonds. The number of carbonyl (C=O) groups excluding carboxylic acids is 2. The topological polar surface area (TPSA) is 96.9 Å². The van der Waals surface area contributed by atoms with Crippen molar-refractivity contribution < 1.29 is 24.2 Å². The Kier molecular flexibility index (Phi) is 7.03. The summed E-state index contributed by atoms with van der Waals surface area (Å²) in [5, 5.41) is 13.3. The Morgan fingerprint density at radius 3 is 2.38 bits per heavy atom. The number of nitrogens with one attached hydrogen (secondary N) is 2. The van der Waals surface area contributed by atoms with Crippen molar-refractivity contribution in [2.24, 2.45) is 0 Å². The van der Waals surface area contributed by atoms with Gasteiger partial charge in [0.15, 0.2) is 11.5 Å². The van der Waals surface area contributed by atoms with E-state index in [-0.39, 0.29) is 13.2 Å². The molecule has 0 saturated heterocycles. The van der Waals surface area contributed by atoms with Crippen LogP contribution in [0.15, 0.2) is 18.2 Å². The molecule has 7 nitrogen and oxygen atoms in total. The van der Waals surface area contributed by atoms with Crippen LogP contribution in [-0.4, -0.2) is 43.3 Å². The fourth-order valence-corrected chi connectivity index (χ4v) is 1.57. The smallest absolute Gasteiger partial charge is 0.313 e. The lowest BCUT2D eigenvalue weighted by atomic mass is 10.2. The summed E-state index contributed by atoms with van der Waals surface area (Å²) in [5.74, 6) is -0.555. The number of anilines is 1. The van der Waals surface area contributed by atoms with Gasteiger partial charge in [-0.1, -0.05) is 0 Å². The molecule has 0 aromatic heterocycles. The minimum atomic E-state index is -0.810. The molecule has 0 aliphatic carbocycles. The highest BCUT2D eigenvalue weighted by Crippen LogP contribution is 2.30. The SMILES string of the molecule is CCOc1ccc(NC(=O)C(=O)NCCO)cc1OCC. The fraction of sp³-hybridized carbons (Fsp3) is 0.429. The van der Waals surface area contributed by atoms with Gasteiger partial charge < -0.3 is 25.2 Å². The van der Waals surface area contributed by atoms with Crippen LogP contribution in [0, 0.1) is 0 Å². The van der Waals surface area contributed by atoms with E-state index >= 15 is 0 Å². The molecule has 3 N–H and O–H groups in total. The van der Waals surface area contributed by atoms with E-state index in [9.17, 15) is 9.59 Å².